The van der Waals surface area contributed by atoms with Gasteiger partial charge in [0, 0.05) is 41.7 Å². The SMILES string of the molecule is Cc1cc2cc(CC(=O)c3cccnc3)cnc2[nH]1.O=C=O. The first-order valence-corrected chi connectivity index (χ1v) is 6.51. The average molecular weight is 295 g/mol. The van der Waals surface area contributed by atoms with E-state index in [2.05, 4.69) is 15.0 Å². The van der Waals surface area contributed by atoms with E-state index in [1.165, 1.54) is 0 Å². The molecule has 110 valence electrons. The number of aryl methyl sites for hydroxylation is 1. The molecule has 22 heavy (non-hydrogen) atoms. The maximum atomic E-state index is 12.1. The van der Waals surface area contributed by atoms with Crippen molar-refractivity contribution in [2.24, 2.45) is 0 Å². The van der Waals surface area contributed by atoms with Crippen LogP contribution >= 0.6 is 0 Å². The molecule has 3 aromatic heterocycles. The third kappa shape index (κ3) is 3.71. The second-order valence-corrected chi connectivity index (χ2v) is 4.66. The van der Waals surface area contributed by atoms with Gasteiger partial charge in [-0.15, -0.1) is 0 Å². The van der Waals surface area contributed by atoms with Crippen molar-refractivity contribution in [1.29, 1.82) is 0 Å². The lowest BCUT2D eigenvalue weighted by molar-refractivity contribution is -0.191. The number of carbonyl (C=O) groups excluding carboxylic acids is 3. The summed E-state index contributed by atoms with van der Waals surface area (Å²) in [5.74, 6) is 0.0570. The van der Waals surface area contributed by atoms with Gasteiger partial charge in [-0.05, 0) is 36.8 Å². The van der Waals surface area contributed by atoms with Gasteiger partial charge in [0.1, 0.15) is 5.65 Å². The minimum Gasteiger partial charge on any atom is -0.344 e. The van der Waals surface area contributed by atoms with Crippen LogP contribution in [0.4, 0.5) is 0 Å². The summed E-state index contributed by atoms with van der Waals surface area (Å²) >= 11 is 0. The van der Waals surface area contributed by atoms with Crippen molar-refractivity contribution < 1.29 is 14.4 Å². The molecule has 0 aliphatic carbocycles. The minimum absolute atomic E-state index is 0.0570. The summed E-state index contributed by atoms with van der Waals surface area (Å²) in [6, 6.07) is 7.58. The largest absolute Gasteiger partial charge is 0.373 e. The summed E-state index contributed by atoms with van der Waals surface area (Å²) in [5.41, 5.74) is 3.47. The molecule has 0 saturated heterocycles. The number of rotatable bonds is 3. The predicted molar refractivity (Wildman–Crippen MR) is 78.1 cm³/mol. The molecule has 0 fully saturated rings. The smallest absolute Gasteiger partial charge is 0.344 e. The Balaban J connectivity index is 0.000000545. The molecule has 3 aromatic rings. The number of nitrogens with one attached hydrogen (secondary N) is 1. The molecule has 0 amide bonds. The summed E-state index contributed by atoms with van der Waals surface area (Å²) < 4.78 is 0. The van der Waals surface area contributed by atoms with Crippen molar-refractivity contribution in [3.05, 3.63) is 59.7 Å². The van der Waals surface area contributed by atoms with E-state index in [0.717, 1.165) is 22.3 Å². The van der Waals surface area contributed by atoms with Gasteiger partial charge in [0.2, 0.25) is 0 Å². The minimum atomic E-state index is 0.0570. The highest BCUT2D eigenvalue weighted by molar-refractivity contribution is 5.97. The predicted octanol–water partition coefficient (Wildman–Crippen LogP) is 2.11. The van der Waals surface area contributed by atoms with Crippen molar-refractivity contribution in [3.63, 3.8) is 0 Å². The van der Waals surface area contributed by atoms with Crippen LogP contribution in [0.2, 0.25) is 0 Å². The molecule has 3 heterocycles. The number of carbonyl (C=O) groups is 1. The van der Waals surface area contributed by atoms with Gasteiger partial charge in [-0.2, -0.15) is 9.59 Å². The lowest BCUT2D eigenvalue weighted by Gasteiger charge is -2.01. The van der Waals surface area contributed by atoms with Gasteiger partial charge in [0.15, 0.2) is 5.78 Å². The van der Waals surface area contributed by atoms with Crippen molar-refractivity contribution >= 4 is 23.0 Å². The van der Waals surface area contributed by atoms with Crippen LogP contribution in [-0.4, -0.2) is 26.9 Å². The molecule has 6 heteroatoms. The van der Waals surface area contributed by atoms with Crippen LogP contribution in [0.25, 0.3) is 11.0 Å². The van der Waals surface area contributed by atoms with E-state index in [4.69, 9.17) is 9.59 Å². The third-order valence-electron chi connectivity index (χ3n) is 3.01. The fraction of sp³-hybridized carbons (Fsp3) is 0.125. The maximum absolute atomic E-state index is 12.1. The highest BCUT2D eigenvalue weighted by atomic mass is 16.2. The number of nitrogens with zero attached hydrogens (tertiary/aromatic N) is 2. The molecule has 6 nitrogen and oxygen atoms in total. The number of hydrogen-bond donors (Lipinski definition) is 1. The number of H-pyrrole nitrogens is 1. The highest BCUT2D eigenvalue weighted by Gasteiger charge is 2.08. The Morgan fingerprint density at radius 3 is 2.73 bits per heavy atom. The molecular weight excluding hydrogens is 282 g/mol. The summed E-state index contributed by atoms with van der Waals surface area (Å²) in [4.78, 5) is 39.8. The van der Waals surface area contributed by atoms with Crippen LogP contribution < -0.4 is 0 Å². The lowest BCUT2D eigenvalue weighted by atomic mass is 10.1. The Bertz CT molecular complexity index is 819. The molecule has 3 rings (SSSR count). The maximum Gasteiger partial charge on any atom is 0.373 e. The number of aromatic nitrogens is 3. The summed E-state index contributed by atoms with van der Waals surface area (Å²) in [5, 5.41) is 1.04. The quantitative estimate of drug-likeness (QED) is 0.747. The number of pyridine rings is 2. The Morgan fingerprint density at radius 2 is 2.05 bits per heavy atom. The number of Topliss-reactive ketones (excluding diaryl/α,β-unsaturated/α-hetero) is 1. The molecule has 0 atom stereocenters. The zero-order chi connectivity index (χ0) is 15.9. The molecule has 0 saturated carbocycles. The van der Waals surface area contributed by atoms with Crippen LogP contribution in [0.1, 0.15) is 21.6 Å². The topological polar surface area (TPSA) is 92.8 Å². The molecule has 0 aromatic carbocycles. The monoisotopic (exact) mass is 295 g/mol. The fourth-order valence-corrected chi connectivity index (χ4v) is 2.11. The summed E-state index contributed by atoms with van der Waals surface area (Å²) in [6.07, 6.45) is 5.59. The first-order valence-electron chi connectivity index (χ1n) is 6.51. The summed E-state index contributed by atoms with van der Waals surface area (Å²) in [7, 11) is 0. The van der Waals surface area contributed by atoms with E-state index in [1.807, 2.05) is 19.1 Å². The van der Waals surface area contributed by atoms with Gasteiger partial charge in [-0.25, -0.2) is 4.98 Å². The number of hydrogen-bond acceptors (Lipinski definition) is 5. The second kappa shape index (κ2) is 7.06. The van der Waals surface area contributed by atoms with E-state index in [0.29, 0.717) is 12.0 Å². The van der Waals surface area contributed by atoms with Crippen LogP contribution in [0.15, 0.2) is 42.9 Å². The molecule has 0 bridgehead atoms. The average Bonchev–Trinajstić information content (AvgIpc) is 2.88. The van der Waals surface area contributed by atoms with E-state index >= 15 is 0 Å². The highest BCUT2D eigenvalue weighted by Crippen LogP contribution is 2.15. The molecule has 0 unspecified atom stereocenters. The molecule has 0 radical (unpaired) electrons. The van der Waals surface area contributed by atoms with Gasteiger partial charge >= 0.3 is 6.15 Å². The summed E-state index contributed by atoms with van der Waals surface area (Å²) in [6.45, 7) is 1.99. The van der Waals surface area contributed by atoms with Gasteiger partial charge in [0.05, 0.1) is 0 Å². The molecule has 0 aliphatic rings. The van der Waals surface area contributed by atoms with Crippen LogP contribution in [0, 0.1) is 6.92 Å². The number of fused-ring (bicyclic) bond motifs is 1. The van der Waals surface area contributed by atoms with E-state index in [9.17, 15) is 4.79 Å². The van der Waals surface area contributed by atoms with Crippen molar-refractivity contribution in [2.45, 2.75) is 13.3 Å². The third-order valence-corrected chi connectivity index (χ3v) is 3.01. The molecular formula is C16H13N3O3. The van der Waals surface area contributed by atoms with Crippen molar-refractivity contribution in [2.75, 3.05) is 0 Å². The van der Waals surface area contributed by atoms with E-state index in [1.54, 1.807) is 30.7 Å². The second-order valence-electron chi connectivity index (χ2n) is 4.66. The van der Waals surface area contributed by atoms with Crippen LogP contribution in [0.5, 0.6) is 0 Å². The first kappa shape index (κ1) is 15.3. The standard InChI is InChI=1S/C15H13N3O.CO2/c1-10-5-13-6-11(8-17-15(13)18-10)7-14(19)12-3-2-4-16-9-12;2-1-3/h2-6,8-9H,7H2,1H3,(H,17,18);. The van der Waals surface area contributed by atoms with Crippen LogP contribution in [-0.2, 0) is 16.0 Å². The lowest BCUT2D eigenvalue weighted by Crippen LogP contribution is -2.04. The zero-order valence-electron chi connectivity index (χ0n) is 11.9. The van der Waals surface area contributed by atoms with E-state index in [-0.39, 0.29) is 11.9 Å². The Labute approximate surface area is 126 Å². The molecule has 0 aliphatic heterocycles. The Kier molecular flexibility index (Phi) is 4.90. The van der Waals surface area contributed by atoms with Crippen molar-refractivity contribution in [1.82, 2.24) is 15.0 Å². The zero-order valence-corrected chi connectivity index (χ0v) is 11.9. The molecule has 0 spiro atoms. The van der Waals surface area contributed by atoms with Gasteiger partial charge in [-0.3, -0.25) is 9.78 Å². The fourth-order valence-electron chi connectivity index (χ4n) is 2.11. The first-order chi connectivity index (χ1) is 10.6. The normalized spacial score (nSPS) is 9.68. The van der Waals surface area contributed by atoms with E-state index < -0.39 is 0 Å². The molecule has 1 N–H and O–H groups in total. The Hall–Kier alpha value is -3.11. The number of aromatic amines is 1. The van der Waals surface area contributed by atoms with Crippen LogP contribution in [0.3, 0.4) is 0 Å². The number of ketones is 1. The van der Waals surface area contributed by atoms with Gasteiger partial charge < -0.3 is 4.98 Å². The Morgan fingerprint density at radius 1 is 1.27 bits per heavy atom. The van der Waals surface area contributed by atoms with Gasteiger partial charge in [0.25, 0.3) is 0 Å². The van der Waals surface area contributed by atoms with Gasteiger partial charge in [-0.1, -0.05) is 0 Å². The van der Waals surface area contributed by atoms with Crippen molar-refractivity contribution in [3.8, 4) is 0 Å².